The summed E-state index contributed by atoms with van der Waals surface area (Å²) in [5.74, 6) is 0.740. The molecule has 2 aliphatic rings. The SMILES string of the molecule is CC(C)(N)C(=O)N1CCN(CC2CCOC2)CC1.Cl.Cl. The second-order valence-electron chi connectivity index (χ2n) is 6.04. The van der Waals surface area contributed by atoms with E-state index in [0.717, 1.165) is 45.9 Å². The van der Waals surface area contributed by atoms with Gasteiger partial charge in [0.25, 0.3) is 0 Å². The van der Waals surface area contributed by atoms with Gasteiger partial charge in [0.1, 0.15) is 0 Å². The first-order valence-electron chi connectivity index (χ1n) is 6.85. The van der Waals surface area contributed by atoms with Crippen molar-refractivity contribution in [1.82, 2.24) is 9.80 Å². The van der Waals surface area contributed by atoms with Crippen LogP contribution < -0.4 is 5.73 Å². The van der Waals surface area contributed by atoms with Crippen molar-refractivity contribution in [2.45, 2.75) is 25.8 Å². The van der Waals surface area contributed by atoms with Crippen LogP contribution in [0.3, 0.4) is 0 Å². The molecule has 7 heteroatoms. The molecule has 2 rings (SSSR count). The van der Waals surface area contributed by atoms with Crippen molar-refractivity contribution < 1.29 is 9.53 Å². The molecule has 2 fully saturated rings. The predicted octanol–water partition coefficient (Wildman–Crippen LogP) is 0.748. The lowest BCUT2D eigenvalue weighted by atomic mass is 10.0. The Morgan fingerprint density at radius 2 is 1.85 bits per heavy atom. The van der Waals surface area contributed by atoms with Gasteiger partial charge in [0.05, 0.1) is 12.1 Å². The van der Waals surface area contributed by atoms with Crippen LogP contribution in [0.4, 0.5) is 0 Å². The van der Waals surface area contributed by atoms with E-state index in [1.54, 1.807) is 13.8 Å². The van der Waals surface area contributed by atoms with Crippen molar-refractivity contribution in [3.05, 3.63) is 0 Å². The van der Waals surface area contributed by atoms with Gasteiger partial charge in [-0.2, -0.15) is 0 Å². The predicted molar refractivity (Wildman–Crippen MR) is 84.7 cm³/mol. The summed E-state index contributed by atoms with van der Waals surface area (Å²) in [4.78, 5) is 16.4. The molecule has 0 aliphatic carbocycles. The number of carbonyl (C=O) groups is 1. The molecule has 0 spiro atoms. The van der Waals surface area contributed by atoms with Crippen LogP contribution in [0.25, 0.3) is 0 Å². The normalized spacial score (nSPS) is 23.9. The summed E-state index contributed by atoms with van der Waals surface area (Å²) in [5, 5.41) is 0. The molecule has 2 heterocycles. The highest BCUT2D eigenvalue weighted by atomic mass is 35.5. The van der Waals surface area contributed by atoms with Crippen molar-refractivity contribution in [3.63, 3.8) is 0 Å². The molecule has 1 unspecified atom stereocenters. The highest BCUT2D eigenvalue weighted by Crippen LogP contribution is 2.16. The fourth-order valence-electron chi connectivity index (χ4n) is 2.63. The second-order valence-corrected chi connectivity index (χ2v) is 6.04. The average molecular weight is 328 g/mol. The van der Waals surface area contributed by atoms with Crippen molar-refractivity contribution in [2.75, 3.05) is 45.9 Å². The highest BCUT2D eigenvalue weighted by molar-refractivity contribution is 5.86. The van der Waals surface area contributed by atoms with Gasteiger partial charge in [-0.3, -0.25) is 9.69 Å². The topological polar surface area (TPSA) is 58.8 Å². The van der Waals surface area contributed by atoms with Crippen LogP contribution in [-0.4, -0.2) is 67.2 Å². The largest absolute Gasteiger partial charge is 0.381 e. The van der Waals surface area contributed by atoms with Gasteiger partial charge in [0.15, 0.2) is 0 Å². The van der Waals surface area contributed by atoms with E-state index in [9.17, 15) is 4.79 Å². The van der Waals surface area contributed by atoms with Gasteiger partial charge >= 0.3 is 0 Å². The number of rotatable bonds is 3. The van der Waals surface area contributed by atoms with Crippen LogP contribution in [0.1, 0.15) is 20.3 Å². The highest BCUT2D eigenvalue weighted by Gasteiger charge is 2.30. The number of hydrogen-bond acceptors (Lipinski definition) is 4. The third-order valence-corrected chi connectivity index (χ3v) is 3.75. The van der Waals surface area contributed by atoms with Gasteiger partial charge in [0, 0.05) is 39.3 Å². The molecular formula is C13H27Cl2N3O2. The number of nitrogens with zero attached hydrogens (tertiary/aromatic N) is 2. The Labute approximate surface area is 134 Å². The molecular weight excluding hydrogens is 301 g/mol. The minimum absolute atomic E-state index is 0. The summed E-state index contributed by atoms with van der Waals surface area (Å²) < 4.78 is 5.39. The molecule has 20 heavy (non-hydrogen) atoms. The Morgan fingerprint density at radius 3 is 2.30 bits per heavy atom. The van der Waals surface area contributed by atoms with Gasteiger partial charge in [-0.15, -0.1) is 24.8 Å². The second kappa shape index (κ2) is 8.39. The summed E-state index contributed by atoms with van der Waals surface area (Å²) in [6.07, 6.45) is 1.18. The summed E-state index contributed by atoms with van der Waals surface area (Å²) in [7, 11) is 0. The molecule has 0 saturated carbocycles. The number of ether oxygens (including phenoxy) is 1. The summed E-state index contributed by atoms with van der Waals surface area (Å²) in [6, 6.07) is 0. The van der Waals surface area contributed by atoms with Crippen LogP contribution in [0.2, 0.25) is 0 Å². The lowest BCUT2D eigenvalue weighted by Crippen LogP contribution is -2.57. The molecule has 0 aromatic rings. The number of halogens is 2. The molecule has 0 aromatic heterocycles. The van der Waals surface area contributed by atoms with Gasteiger partial charge in [-0.25, -0.2) is 0 Å². The molecule has 120 valence electrons. The zero-order valence-corrected chi connectivity index (χ0v) is 14.0. The van der Waals surface area contributed by atoms with Gasteiger partial charge < -0.3 is 15.4 Å². The molecule has 0 bridgehead atoms. The molecule has 2 saturated heterocycles. The van der Waals surface area contributed by atoms with Crippen LogP contribution in [0, 0.1) is 5.92 Å². The lowest BCUT2D eigenvalue weighted by Gasteiger charge is -2.38. The number of nitrogens with two attached hydrogens (primary N) is 1. The van der Waals surface area contributed by atoms with E-state index in [4.69, 9.17) is 10.5 Å². The van der Waals surface area contributed by atoms with Crippen LogP contribution in [-0.2, 0) is 9.53 Å². The minimum Gasteiger partial charge on any atom is -0.381 e. The molecule has 2 aliphatic heterocycles. The minimum atomic E-state index is -0.749. The maximum Gasteiger partial charge on any atom is 0.242 e. The van der Waals surface area contributed by atoms with Crippen LogP contribution in [0.5, 0.6) is 0 Å². The Hall–Kier alpha value is -0.0700. The molecule has 0 radical (unpaired) electrons. The lowest BCUT2D eigenvalue weighted by molar-refractivity contribution is -0.137. The first kappa shape index (κ1) is 19.9. The van der Waals surface area contributed by atoms with E-state index >= 15 is 0 Å². The molecule has 1 atom stereocenters. The van der Waals surface area contributed by atoms with E-state index in [1.807, 2.05) is 4.90 Å². The maximum absolute atomic E-state index is 12.0. The summed E-state index contributed by atoms with van der Waals surface area (Å²) >= 11 is 0. The fourth-order valence-corrected chi connectivity index (χ4v) is 2.63. The van der Waals surface area contributed by atoms with Crippen molar-refractivity contribution in [2.24, 2.45) is 11.7 Å². The van der Waals surface area contributed by atoms with E-state index < -0.39 is 5.54 Å². The fraction of sp³-hybridized carbons (Fsp3) is 0.923. The number of piperazine rings is 1. The molecule has 0 aromatic carbocycles. The van der Waals surface area contributed by atoms with E-state index in [0.29, 0.717) is 5.92 Å². The molecule has 1 amide bonds. The Morgan fingerprint density at radius 1 is 1.25 bits per heavy atom. The van der Waals surface area contributed by atoms with Crippen LogP contribution >= 0.6 is 24.8 Å². The van der Waals surface area contributed by atoms with Gasteiger partial charge in [0.2, 0.25) is 5.91 Å². The smallest absolute Gasteiger partial charge is 0.242 e. The van der Waals surface area contributed by atoms with Crippen molar-refractivity contribution >= 4 is 30.7 Å². The Kier molecular flexibility index (Phi) is 8.36. The Bertz CT molecular complexity index is 296. The quantitative estimate of drug-likeness (QED) is 0.831. The first-order valence-corrected chi connectivity index (χ1v) is 6.85. The van der Waals surface area contributed by atoms with Gasteiger partial charge in [-0.05, 0) is 26.2 Å². The number of amides is 1. The molecule has 5 nitrogen and oxygen atoms in total. The standard InChI is InChI=1S/C13H25N3O2.2ClH/c1-13(2,14)12(17)16-6-4-15(5-7-16)9-11-3-8-18-10-11;;/h11H,3-10,14H2,1-2H3;2*1H. The maximum atomic E-state index is 12.0. The monoisotopic (exact) mass is 327 g/mol. The van der Waals surface area contributed by atoms with Gasteiger partial charge in [-0.1, -0.05) is 0 Å². The van der Waals surface area contributed by atoms with E-state index in [2.05, 4.69) is 4.90 Å². The summed E-state index contributed by atoms with van der Waals surface area (Å²) in [5.41, 5.74) is 5.11. The Balaban J connectivity index is 0.00000180. The van der Waals surface area contributed by atoms with Crippen LogP contribution in [0.15, 0.2) is 0 Å². The number of carbonyl (C=O) groups excluding carboxylic acids is 1. The number of hydrogen-bond donors (Lipinski definition) is 1. The zero-order chi connectivity index (χ0) is 13.2. The first-order chi connectivity index (χ1) is 8.47. The zero-order valence-electron chi connectivity index (χ0n) is 12.3. The van der Waals surface area contributed by atoms with Crippen molar-refractivity contribution in [1.29, 1.82) is 0 Å². The average Bonchev–Trinajstić information content (AvgIpc) is 2.81. The molecule has 2 N–H and O–H groups in total. The van der Waals surface area contributed by atoms with Crippen molar-refractivity contribution in [3.8, 4) is 0 Å². The third-order valence-electron chi connectivity index (χ3n) is 3.75. The van der Waals surface area contributed by atoms with E-state index in [1.165, 1.54) is 6.42 Å². The summed E-state index contributed by atoms with van der Waals surface area (Å²) in [6.45, 7) is 9.97. The third kappa shape index (κ3) is 5.37. The van der Waals surface area contributed by atoms with E-state index in [-0.39, 0.29) is 30.7 Å².